The van der Waals surface area contributed by atoms with Gasteiger partial charge in [0.15, 0.2) is 0 Å². The molecule has 0 bridgehead atoms. The predicted molar refractivity (Wildman–Crippen MR) is 142 cm³/mol. The number of rotatable bonds is 12. The number of para-hydroxylation sites is 1. The highest BCUT2D eigenvalue weighted by Crippen LogP contribution is 2.40. The van der Waals surface area contributed by atoms with Crippen LogP contribution in [0.25, 0.3) is 0 Å². The number of carbonyl (C=O) groups is 2. The summed E-state index contributed by atoms with van der Waals surface area (Å²) in [6.07, 6.45) is 7.20. The number of carbonyl (C=O) groups excluding carboxylic acids is 2. The standard InChI is InChI=1S/C30H41NO5/c1-3-5-6-13-20-29(21-14-12-19-27(32)35-4-2)28(33)31-26-18-11-10-17-25(26)30(34,22-23-36-29)24-15-8-7-9-16-24/h7-11,15-18,34H,3-6,12-14,19-23H2,1-2H3,(H,31,33). The highest BCUT2D eigenvalue weighted by Gasteiger charge is 2.43. The van der Waals surface area contributed by atoms with Gasteiger partial charge in [-0.15, -0.1) is 0 Å². The molecule has 36 heavy (non-hydrogen) atoms. The normalized spacial score (nSPS) is 22.0. The van der Waals surface area contributed by atoms with Crippen LogP contribution in [0.2, 0.25) is 0 Å². The molecule has 1 heterocycles. The van der Waals surface area contributed by atoms with Crippen LogP contribution in [0.3, 0.4) is 0 Å². The summed E-state index contributed by atoms with van der Waals surface area (Å²) in [6.45, 7) is 4.57. The first-order chi connectivity index (χ1) is 17.4. The van der Waals surface area contributed by atoms with Crippen molar-refractivity contribution in [2.24, 2.45) is 0 Å². The highest BCUT2D eigenvalue weighted by atomic mass is 16.5. The van der Waals surface area contributed by atoms with Gasteiger partial charge in [-0.25, -0.2) is 0 Å². The van der Waals surface area contributed by atoms with E-state index in [4.69, 9.17) is 9.47 Å². The number of hydrogen-bond donors (Lipinski definition) is 2. The molecule has 2 atom stereocenters. The zero-order chi connectivity index (χ0) is 25.9. The fourth-order valence-electron chi connectivity index (χ4n) is 5.04. The van der Waals surface area contributed by atoms with Gasteiger partial charge in [-0.2, -0.15) is 0 Å². The number of esters is 1. The zero-order valence-electron chi connectivity index (χ0n) is 21.8. The Hall–Kier alpha value is -2.70. The molecule has 3 rings (SSSR count). The Morgan fingerprint density at radius 2 is 1.67 bits per heavy atom. The van der Waals surface area contributed by atoms with E-state index in [-0.39, 0.29) is 18.5 Å². The van der Waals surface area contributed by atoms with Gasteiger partial charge in [0, 0.05) is 24.1 Å². The summed E-state index contributed by atoms with van der Waals surface area (Å²) in [6, 6.07) is 17.0. The predicted octanol–water partition coefficient (Wildman–Crippen LogP) is 6.11. The van der Waals surface area contributed by atoms with Gasteiger partial charge in [-0.05, 0) is 44.2 Å². The molecule has 196 valence electrons. The lowest BCUT2D eigenvalue weighted by molar-refractivity contribution is -0.146. The van der Waals surface area contributed by atoms with Crippen LogP contribution >= 0.6 is 0 Å². The topological polar surface area (TPSA) is 84.9 Å². The minimum absolute atomic E-state index is 0.181. The Morgan fingerprint density at radius 3 is 2.39 bits per heavy atom. The molecule has 2 unspecified atom stereocenters. The van der Waals surface area contributed by atoms with E-state index in [2.05, 4.69) is 12.2 Å². The third-order valence-electron chi connectivity index (χ3n) is 7.08. The van der Waals surface area contributed by atoms with Crippen molar-refractivity contribution in [2.75, 3.05) is 18.5 Å². The Balaban J connectivity index is 1.88. The van der Waals surface area contributed by atoms with Gasteiger partial charge in [0.1, 0.15) is 11.2 Å². The van der Waals surface area contributed by atoms with Crippen LogP contribution in [0, 0.1) is 0 Å². The minimum Gasteiger partial charge on any atom is -0.466 e. The molecule has 0 radical (unpaired) electrons. The number of anilines is 1. The number of unbranched alkanes of at least 4 members (excludes halogenated alkanes) is 4. The Labute approximate surface area is 215 Å². The second kappa shape index (κ2) is 13.6. The lowest BCUT2D eigenvalue weighted by Gasteiger charge is -2.33. The molecule has 2 aromatic carbocycles. The van der Waals surface area contributed by atoms with E-state index in [1.807, 2.05) is 54.6 Å². The maximum absolute atomic E-state index is 13.8. The van der Waals surface area contributed by atoms with Crippen molar-refractivity contribution in [2.45, 2.75) is 89.3 Å². The number of nitrogens with one attached hydrogen (secondary N) is 1. The first kappa shape index (κ1) is 27.9. The second-order valence-corrected chi connectivity index (χ2v) is 9.64. The largest absolute Gasteiger partial charge is 0.466 e. The van der Waals surface area contributed by atoms with Crippen LogP contribution < -0.4 is 5.32 Å². The molecule has 2 aromatic rings. The van der Waals surface area contributed by atoms with E-state index in [9.17, 15) is 14.7 Å². The van der Waals surface area contributed by atoms with Gasteiger partial charge in [-0.1, -0.05) is 81.1 Å². The molecule has 1 aliphatic heterocycles. The fourth-order valence-corrected chi connectivity index (χ4v) is 5.04. The third-order valence-corrected chi connectivity index (χ3v) is 7.08. The monoisotopic (exact) mass is 495 g/mol. The summed E-state index contributed by atoms with van der Waals surface area (Å²) in [4.78, 5) is 25.6. The lowest BCUT2D eigenvalue weighted by Crippen LogP contribution is -2.46. The number of hydrogen-bond acceptors (Lipinski definition) is 5. The zero-order valence-corrected chi connectivity index (χ0v) is 21.8. The van der Waals surface area contributed by atoms with E-state index < -0.39 is 11.2 Å². The SMILES string of the molecule is CCCCCCC1(CCCCC(=O)OCC)OCCC(O)(c2ccccc2)c2ccccc2NC1=O. The first-order valence-electron chi connectivity index (χ1n) is 13.4. The average molecular weight is 496 g/mol. The number of fused-ring (bicyclic) bond motifs is 1. The van der Waals surface area contributed by atoms with Crippen molar-refractivity contribution in [1.29, 1.82) is 0 Å². The fraction of sp³-hybridized carbons (Fsp3) is 0.533. The second-order valence-electron chi connectivity index (χ2n) is 9.64. The van der Waals surface area contributed by atoms with E-state index in [0.717, 1.165) is 31.2 Å². The Kier molecular flexibility index (Phi) is 10.5. The Morgan fingerprint density at radius 1 is 0.972 bits per heavy atom. The van der Waals surface area contributed by atoms with Gasteiger partial charge >= 0.3 is 5.97 Å². The molecule has 0 saturated carbocycles. The summed E-state index contributed by atoms with van der Waals surface area (Å²) in [5.74, 6) is -0.393. The van der Waals surface area contributed by atoms with Crippen molar-refractivity contribution in [3.8, 4) is 0 Å². The van der Waals surface area contributed by atoms with Crippen molar-refractivity contribution in [1.82, 2.24) is 0 Å². The average Bonchev–Trinajstić information content (AvgIpc) is 2.93. The summed E-state index contributed by atoms with van der Waals surface area (Å²) < 4.78 is 11.5. The maximum atomic E-state index is 13.8. The number of ether oxygens (including phenoxy) is 2. The molecule has 1 amide bonds. The summed E-state index contributed by atoms with van der Waals surface area (Å²) in [5, 5.41) is 15.1. The van der Waals surface area contributed by atoms with Crippen LogP contribution in [-0.2, 0) is 24.7 Å². The quantitative estimate of drug-likeness (QED) is 0.274. The lowest BCUT2D eigenvalue weighted by atomic mass is 9.83. The van der Waals surface area contributed by atoms with Gasteiger partial charge in [0.25, 0.3) is 5.91 Å². The summed E-state index contributed by atoms with van der Waals surface area (Å²) in [5.41, 5.74) is -0.286. The summed E-state index contributed by atoms with van der Waals surface area (Å²) in [7, 11) is 0. The van der Waals surface area contributed by atoms with E-state index in [0.29, 0.717) is 56.4 Å². The minimum atomic E-state index is -1.30. The molecule has 6 heteroatoms. The molecule has 2 N–H and O–H groups in total. The first-order valence-corrected chi connectivity index (χ1v) is 13.4. The van der Waals surface area contributed by atoms with Crippen LogP contribution in [0.1, 0.15) is 89.2 Å². The molecule has 6 nitrogen and oxygen atoms in total. The van der Waals surface area contributed by atoms with Crippen LogP contribution in [0.15, 0.2) is 54.6 Å². The van der Waals surface area contributed by atoms with Gasteiger partial charge in [0.05, 0.1) is 13.2 Å². The van der Waals surface area contributed by atoms with E-state index in [1.165, 1.54) is 0 Å². The number of amides is 1. The van der Waals surface area contributed by atoms with Crippen LogP contribution in [-0.4, -0.2) is 35.8 Å². The van der Waals surface area contributed by atoms with Crippen molar-refractivity contribution < 1.29 is 24.2 Å². The smallest absolute Gasteiger partial charge is 0.305 e. The molecule has 0 aromatic heterocycles. The highest BCUT2D eigenvalue weighted by molar-refractivity contribution is 5.98. The molecule has 0 aliphatic carbocycles. The number of benzene rings is 2. The summed E-state index contributed by atoms with van der Waals surface area (Å²) >= 11 is 0. The number of aliphatic hydroxyl groups is 1. The molecule has 1 aliphatic rings. The van der Waals surface area contributed by atoms with Crippen molar-refractivity contribution in [3.63, 3.8) is 0 Å². The van der Waals surface area contributed by atoms with E-state index in [1.54, 1.807) is 6.92 Å². The van der Waals surface area contributed by atoms with Crippen LogP contribution in [0.5, 0.6) is 0 Å². The molecule has 0 saturated heterocycles. The Bertz CT molecular complexity index is 978. The van der Waals surface area contributed by atoms with E-state index >= 15 is 0 Å². The third kappa shape index (κ3) is 6.95. The van der Waals surface area contributed by atoms with Gasteiger partial charge in [-0.3, -0.25) is 9.59 Å². The molecular weight excluding hydrogens is 454 g/mol. The van der Waals surface area contributed by atoms with Crippen molar-refractivity contribution in [3.05, 3.63) is 65.7 Å². The molecule has 0 spiro atoms. The van der Waals surface area contributed by atoms with Gasteiger partial charge in [0.2, 0.25) is 0 Å². The maximum Gasteiger partial charge on any atom is 0.305 e. The van der Waals surface area contributed by atoms with Gasteiger partial charge < -0.3 is 19.9 Å². The van der Waals surface area contributed by atoms with Crippen molar-refractivity contribution >= 4 is 17.6 Å². The van der Waals surface area contributed by atoms with Crippen LogP contribution in [0.4, 0.5) is 5.69 Å². The molecule has 0 fully saturated rings. The molecular formula is C30H41NO5.